The summed E-state index contributed by atoms with van der Waals surface area (Å²) in [5.41, 5.74) is 0.426. The quantitative estimate of drug-likeness (QED) is 0.829. The van der Waals surface area contributed by atoms with Crippen LogP contribution in [-0.4, -0.2) is 30.3 Å². The molecular weight excluding hydrogens is 317 g/mol. The van der Waals surface area contributed by atoms with Crippen LogP contribution in [0.5, 0.6) is 5.75 Å². The van der Waals surface area contributed by atoms with Crippen LogP contribution < -0.4 is 10.1 Å². The highest BCUT2D eigenvalue weighted by atomic mass is 19.1. The molecule has 0 saturated heterocycles. The van der Waals surface area contributed by atoms with Crippen molar-refractivity contribution >= 4 is 11.9 Å². The summed E-state index contributed by atoms with van der Waals surface area (Å²) in [5.74, 6) is -0.954. The molecule has 1 fully saturated rings. The molecule has 2 N–H and O–H groups in total. The lowest BCUT2D eigenvalue weighted by Gasteiger charge is -2.36. The molecule has 1 saturated carbocycles. The summed E-state index contributed by atoms with van der Waals surface area (Å²) in [6, 6.07) is 2.77. The van der Waals surface area contributed by atoms with Crippen LogP contribution in [0, 0.1) is 11.2 Å². The van der Waals surface area contributed by atoms with E-state index in [1.807, 2.05) is 0 Å². The van der Waals surface area contributed by atoms with Gasteiger partial charge in [0.05, 0.1) is 12.0 Å². The fraction of sp³-hybridized carbons (Fsp3) is 0.529. The Hall–Kier alpha value is -2.15. The second-order valence-corrected chi connectivity index (χ2v) is 6.38. The van der Waals surface area contributed by atoms with Crippen molar-refractivity contribution in [1.29, 1.82) is 0 Å². The lowest BCUT2D eigenvalue weighted by atomic mass is 9.66. The van der Waals surface area contributed by atoms with E-state index in [0.29, 0.717) is 49.3 Å². The number of hydrogen-bond acceptors (Lipinski definition) is 4. The molecule has 6 nitrogen and oxygen atoms in total. The molecule has 1 aliphatic heterocycles. The molecule has 0 atom stereocenters. The molecule has 2 aliphatic rings. The fourth-order valence-electron chi connectivity index (χ4n) is 3.22. The topological polar surface area (TPSA) is 84.9 Å². The number of fused-ring (bicyclic) bond motifs is 1. The number of carboxylic acid groups (broad SMARTS) is 1. The lowest BCUT2D eigenvalue weighted by Crippen LogP contribution is -2.42. The number of halogens is 1. The number of carbonyl (C=O) groups excluding carboxylic acids is 1. The van der Waals surface area contributed by atoms with Gasteiger partial charge in [0, 0.05) is 18.5 Å². The highest BCUT2D eigenvalue weighted by Crippen LogP contribution is 2.44. The highest BCUT2D eigenvalue weighted by molar-refractivity contribution is 5.85. The van der Waals surface area contributed by atoms with Crippen LogP contribution in [0.1, 0.15) is 36.8 Å². The van der Waals surface area contributed by atoms with E-state index in [0.717, 1.165) is 6.42 Å². The SMILES string of the molecule is O=C(CC1(C(=O)O)CCC1)NCCc1cc(F)cc2c1OCOC2. The standard InChI is InChI=1S/C17H20FNO5/c18-13-6-11(15-12(7-13)9-23-10-24-15)2-5-19-14(20)8-17(16(21)22)3-1-4-17/h6-7H,1-5,8-10H2,(H,19,20)(H,21,22). The van der Waals surface area contributed by atoms with E-state index in [9.17, 15) is 19.1 Å². The van der Waals surface area contributed by atoms with Crippen molar-refractivity contribution in [2.75, 3.05) is 13.3 Å². The first-order chi connectivity index (χ1) is 11.5. The minimum Gasteiger partial charge on any atom is -0.481 e. The van der Waals surface area contributed by atoms with Crippen LogP contribution >= 0.6 is 0 Å². The number of hydrogen-bond donors (Lipinski definition) is 2. The molecule has 3 rings (SSSR count). The van der Waals surface area contributed by atoms with E-state index in [-0.39, 0.29) is 24.9 Å². The maximum atomic E-state index is 13.6. The van der Waals surface area contributed by atoms with E-state index in [1.165, 1.54) is 12.1 Å². The van der Waals surface area contributed by atoms with Gasteiger partial charge in [-0.15, -0.1) is 0 Å². The van der Waals surface area contributed by atoms with E-state index in [4.69, 9.17) is 9.47 Å². The number of nitrogens with one attached hydrogen (secondary N) is 1. The summed E-state index contributed by atoms with van der Waals surface area (Å²) in [5, 5.41) is 12.0. The zero-order valence-electron chi connectivity index (χ0n) is 13.3. The smallest absolute Gasteiger partial charge is 0.310 e. The summed E-state index contributed by atoms with van der Waals surface area (Å²) < 4.78 is 24.2. The van der Waals surface area contributed by atoms with Gasteiger partial charge in [0.2, 0.25) is 5.91 Å². The van der Waals surface area contributed by atoms with Crippen molar-refractivity contribution in [1.82, 2.24) is 5.32 Å². The van der Waals surface area contributed by atoms with Gasteiger partial charge in [-0.05, 0) is 37.0 Å². The number of aliphatic carboxylic acids is 1. The third kappa shape index (κ3) is 3.36. The maximum absolute atomic E-state index is 13.6. The van der Waals surface area contributed by atoms with Gasteiger partial charge in [0.15, 0.2) is 6.79 Å². The number of ether oxygens (including phenoxy) is 2. The summed E-state index contributed by atoms with van der Waals surface area (Å²) in [6.45, 7) is 0.724. The summed E-state index contributed by atoms with van der Waals surface area (Å²) in [7, 11) is 0. The van der Waals surface area contributed by atoms with Crippen molar-refractivity contribution < 1.29 is 28.6 Å². The first-order valence-corrected chi connectivity index (χ1v) is 8.02. The van der Waals surface area contributed by atoms with Gasteiger partial charge in [0.25, 0.3) is 0 Å². The third-order valence-corrected chi connectivity index (χ3v) is 4.73. The average Bonchev–Trinajstić information content (AvgIpc) is 2.50. The number of amides is 1. The summed E-state index contributed by atoms with van der Waals surface area (Å²) in [6.07, 6.45) is 2.33. The number of carbonyl (C=O) groups is 2. The Balaban J connectivity index is 1.56. The number of rotatable bonds is 6. The number of carboxylic acids is 1. The molecule has 24 heavy (non-hydrogen) atoms. The predicted molar refractivity (Wildman–Crippen MR) is 81.9 cm³/mol. The van der Waals surface area contributed by atoms with Crippen LogP contribution in [0.2, 0.25) is 0 Å². The van der Waals surface area contributed by atoms with Crippen molar-refractivity contribution in [3.05, 3.63) is 29.1 Å². The highest BCUT2D eigenvalue weighted by Gasteiger charge is 2.45. The lowest BCUT2D eigenvalue weighted by molar-refractivity contribution is -0.157. The Morgan fingerprint density at radius 2 is 2.12 bits per heavy atom. The van der Waals surface area contributed by atoms with Gasteiger partial charge < -0.3 is 19.9 Å². The monoisotopic (exact) mass is 337 g/mol. The first kappa shape index (κ1) is 16.7. The molecule has 0 aromatic heterocycles. The minimum absolute atomic E-state index is 0.00602. The zero-order chi connectivity index (χ0) is 17.2. The van der Waals surface area contributed by atoms with Crippen molar-refractivity contribution in [2.45, 2.75) is 38.7 Å². The van der Waals surface area contributed by atoms with Gasteiger partial charge in [-0.25, -0.2) is 4.39 Å². The molecular formula is C17H20FNO5. The molecule has 1 aromatic rings. The Morgan fingerprint density at radius 1 is 1.33 bits per heavy atom. The third-order valence-electron chi connectivity index (χ3n) is 4.73. The molecule has 0 radical (unpaired) electrons. The Labute approximate surface area is 138 Å². The van der Waals surface area contributed by atoms with Gasteiger partial charge in [-0.1, -0.05) is 6.42 Å². The van der Waals surface area contributed by atoms with Crippen LogP contribution in [0.4, 0.5) is 4.39 Å². The van der Waals surface area contributed by atoms with Gasteiger partial charge in [-0.3, -0.25) is 9.59 Å². The van der Waals surface area contributed by atoms with Crippen molar-refractivity contribution in [2.24, 2.45) is 5.41 Å². The zero-order valence-corrected chi connectivity index (χ0v) is 13.3. The van der Waals surface area contributed by atoms with Crippen molar-refractivity contribution in [3.63, 3.8) is 0 Å². The van der Waals surface area contributed by atoms with E-state index in [2.05, 4.69) is 5.32 Å². The Morgan fingerprint density at radius 3 is 2.79 bits per heavy atom. The molecule has 1 aliphatic carbocycles. The van der Waals surface area contributed by atoms with E-state index >= 15 is 0 Å². The summed E-state index contributed by atoms with van der Waals surface area (Å²) in [4.78, 5) is 23.3. The Bertz CT molecular complexity index is 657. The van der Waals surface area contributed by atoms with E-state index < -0.39 is 11.4 Å². The molecule has 0 unspecified atom stereocenters. The van der Waals surface area contributed by atoms with E-state index in [1.54, 1.807) is 0 Å². The number of benzene rings is 1. The summed E-state index contributed by atoms with van der Waals surface area (Å²) >= 11 is 0. The maximum Gasteiger partial charge on any atom is 0.310 e. The van der Waals surface area contributed by atoms with Crippen LogP contribution in [0.3, 0.4) is 0 Å². The Kier molecular flexibility index (Phi) is 4.71. The molecule has 1 amide bonds. The van der Waals surface area contributed by atoms with Crippen LogP contribution in [0.15, 0.2) is 12.1 Å². The van der Waals surface area contributed by atoms with Gasteiger partial charge >= 0.3 is 5.97 Å². The molecule has 7 heteroatoms. The average molecular weight is 337 g/mol. The van der Waals surface area contributed by atoms with Crippen molar-refractivity contribution in [3.8, 4) is 5.75 Å². The largest absolute Gasteiger partial charge is 0.481 e. The van der Waals surface area contributed by atoms with Gasteiger partial charge in [0.1, 0.15) is 11.6 Å². The normalized spacial score (nSPS) is 18.0. The molecule has 0 spiro atoms. The minimum atomic E-state index is -0.906. The fourth-order valence-corrected chi connectivity index (χ4v) is 3.22. The van der Waals surface area contributed by atoms with Crippen LogP contribution in [-0.2, 0) is 27.4 Å². The molecule has 1 heterocycles. The molecule has 130 valence electrons. The van der Waals surface area contributed by atoms with Crippen LogP contribution in [0.25, 0.3) is 0 Å². The second kappa shape index (κ2) is 6.76. The predicted octanol–water partition coefficient (Wildman–Crippen LogP) is 2.00. The second-order valence-electron chi connectivity index (χ2n) is 6.38. The molecule has 0 bridgehead atoms. The molecule has 1 aromatic carbocycles. The van der Waals surface area contributed by atoms with Gasteiger partial charge in [-0.2, -0.15) is 0 Å². The first-order valence-electron chi connectivity index (χ1n) is 8.02.